The molecule has 2 nitrogen and oxygen atoms in total. The van der Waals surface area contributed by atoms with Crippen LogP contribution < -0.4 is 5.11 Å². The Morgan fingerprint density at radius 1 is 1.60 bits per heavy atom. The maximum atomic E-state index is 3.83. The van der Waals surface area contributed by atoms with Crippen LogP contribution >= 0.6 is 0 Å². The van der Waals surface area contributed by atoms with Crippen LogP contribution in [0.3, 0.4) is 0 Å². The lowest BCUT2D eigenvalue weighted by molar-refractivity contribution is -0.516. The van der Waals surface area contributed by atoms with E-state index in [0.29, 0.717) is 0 Å². The summed E-state index contributed by atoms with van der Waals surface area (Å²) >= 11 is 0. The van der Waals surface area contributed by atoms with Gasteiger partial charge in [-0.1, -0.05) is 0 Å². The van der Waals surface area contributed by atoms with Crippen molar-refractivity contribution in [3.05, 3.63) is 0 Å². The highest BCUT2D eigenvalue weighted by molar-refractivity contribution is 4.35. The molecule has 0 saturated heterocycles. The maximum Gasteiger partial charge on any atom is 0.167 e. The van der Waals surface area contributed by atoms with Gasteiger partial charge < -0.3 is 0 Å². The zero-order valence-corrected chi connectivity index (χ0v) is 3.07. The minimum atomic E-state index is 1.01. The van der Waals surface area contributed by atoms with Crippen molar-refractivity contribution in [3.63, 3.8) is 0 Å². The van der Waals surface area contributed by atoms with Gasteiger partial charge in [-0.3, -0.25) is 0 Å². The predicted molar refractivity (Wildman–Crippen MR) is 17.7 cm³/mol. The zero-order chi connectivity index (χ0) is 3.54. The highest BCUT2D eigenvalue weighted by Gasteiger charge is 1.94. The first-order valence-electron chi connectivity index (χ1n) is 1.89. The van der Waals surface area contributed by atoms with Crippen molar-refractivity contribution >= 4 is 0 Å². The molecule has 0 saturated carbocycles. The van der Waals surface area contributed by atoms with Crippen LogP contribution in [0.25, 0.3) is 0 Å². The largest absolute Gasteiger partial charge is 0.167 e. The van der Waals surface area contributed by atoms with E-state index in [2.05, 4.69) is 10.2 Å². The molecular weight excluding hydrogens is 64.0 g/mol. The predicted octanol–water partition coefficient (Wildman–Crippen LogP) is -1.08. The Hall–Kier alpha value is -0.400. The van der Waals surface area contributed by atoms with E-state index in [1.165, 1.54) is 6.42 Å². The highest BCUT2D eigenvalue weighted by Crippen LogP contribution is 1.73. The Labute approximate surface area is 30.9 Å². The Bertz CT molecular complexity index is 42.9. The number of nitrogens with one attached hydrogen (secondary N) is 1. The topological polar surface area (TPSA) is 26.3 Å². The van der Waals surface area contributed by atoms with E-state index >= 15 is 0 Å². The van der Waals surface area contributed by atoms with Crippen molar-refractivity contribution in [1.82, 2.24) is 0 Å². The molecule has 1 aliphatic rings. The van der Waals surface area contributed by atoms with Gasteiger partial charge in [-0.15, -0.1) is 5.11 Å². The second-order valence-electron chi connectivity index (χ2n) is 1.14. The lowest BCUT2D eigenvalue weighted by Crippen LogP contribution is -2.62. The molecule has 0 aromatic rings. The van der Waals surface area contributed by atoms with Crippen LogP contribution in [0.1, 0.15) is 6.42 Å². The summed E-state index contributed by atoms with van der Waals surface area (Å²) in [7, 11) is 0. The zero-order valence-electron chi connectivity index (χ0n) is 3.07. The number of hydrogen-bond donors (Lipinski definition) is 1. The second kappa shape index (κ2) is 1.15. The Morgan fingerprint density at radius 2 is 2.60 bits per heavy atom. The van der Waals surface area contributed by atoms with E-state index in [1.807, 2.05) is 0 Å². The molecule has 0 atom stereocenters. The molecule has 0 spiro atoms. The maximum absolute atomic E-state index is 3.83. The summed E-state index contributed by atoms with van der Waals surface area (Å²) in [4.78, 5) is 0. The summed E-state index contributed by atoms with van der Waals surface area (Å²) in [6, 6.07) is 0. The number of azo groups is 1. The first-order chi connectivity index (χ1) is 2.50. The summed E-state index contributed by atoms with van der Waals surface area (Å²) in [5.74, 6) is 0. The van der Waals surface area contributed by atoms with E-state index < -0.39 is 0 Å². The van der Waals surface area contributed by atoms with Gasteiger partial charge in [-0.05, 0) is 5.11 Å². The van der Waals surface area contributed by atoms with E-state index in [-0.39, 0.29) is 0 Å². The van der Waals surface area contributed by atoms with Gasteiger partial charge in [0.25, 0.3) is 0 Å². The Balaban J connectivity index is 2.32. The van der Waals surface area contributed by atoms with Gasteiger partial charge >= 0.3 is 0 Å². The fourth-order valence-electron chi connectivity index (χ4n) is 0.395. The molecule has 2 heteroatoms. The van der Waals surface area contributed by atoms with E-state index in [1.54, 1.807) is 0 Å². The molecule has 0 aliphatic carbocycles. The van der Waals surface area contributed by atoms with Crippen LogP contribution in [-0.2, 0) is 0 Å². The number of rotatable bonds is 0. The molecule has 0 aromatic heterocycles. The third-order valence-electron chi connectivity index (χ3n) is 0.670. The molecule has 0 fully saturated rings. The highest BCUT2D eigenvalue weighted by atomic mass is 15.1. The molecule has 0 unspecified atom stereocenters. The molecule has 0 amide bonds. The fraction of sp³-hybridized carbons (Fsp3) is 1.00. The molecule has 1 rings (SSSR count). The van der Waals surface area contributed by atoms with Gasteiger partial charge in [0.15, 0.2) is 6.54 Å². The number of hydrogen-bond acceptors (Lipinski definition) is 1. The first-order valence-corrected chi connectivity index (χ1v) is 1.89. The van der Waals surface area contributed by atoms with Crippen LogP contribution in [-0.4, -0.2) is 13.1 Å². The van der Waals surface area contributed by atoms with E-state index in [0.717, 1.165) is 13.1 Å². The average molecular weight is 71.1 g/mol. The molecule has 5 heavy (non-hydrogen) atoms. The van der Waals surface area contributed by atoms with Crippen LogP contribution in [0, 0.1) is 0 Å². The first kappa shape index (κ1) is 2.82. The smallest absolute Gasteiger partial charge is 0.142 e. The summed E-state index contributed by atoms with van der Waals surface area (Å²) < 4.78 is 0. The molecule has 0 bridgehead atoms. The van der Waals surface area contributed by atoms with Gasteiger partial charge in [0, 0.05) is 6.42 Å². The molecule has 0 radical (unpaired) electrons. The van der Waals surface area contributed by atoms with Crippen LogP contribution in [0.5, 0.6) is 0 Å². The van der Waals surface area contributed by atoms with Crippen LogP contribution in [0.4, 0.5) is 0 Å². The van der Waals surface area contributed by atoms with Crippen molar-refractivity contribution in [1.29, 1.82) is 0 Å². The summed E-state index contributed by atoms with van der Waals surface area (Å²) in [6.07, 6.45) is 1.22. The van der Waals surface area contributed by atoms with Crippen LogP contribution in [0.15, 0.2) is 5.11 Å². The lowest BCUT2D eigenvalue weighted by Gasteiger charge is -1.57. The third kappa shape index (κ3) is 0.436. The normalized spacial score (nSPS) is 20.8. The number of nitrogens with zero attached hydrogens (tertiary/aromatic N) is 1. The Morgan fingerprint density at radius 3 is 2.80 bits per heavy atom. The van der Waals surface area contributed by atoms with Crippen molar-refractivity contribution in [3.8, 4) is 0 Å². The van der Waals surface area contributed by atoms with Gasteiger partial charge in [0.05, 0.1) is 0 Å². The van der Waals surface area contributed by atoms with Gasteiger partial charge in [0.1, 0.15) is 6.54 Å². The monoisotopic (exact) mass is 71.1 g/mol. The summed E-state index contributed by atoms with van der Waals surface area (Å²) in [6.45, 7) is 2.10. The van der Waals surface area contributed by atoms with Crippen LogP contribution in [0.2, 0.25) is 0 Å². The SMILES string of the molecule is C1CN=[NH+]C1. The average Bonchev–Trinajstić information content (AvgIpc) is 1.76. The Kier molecular flexibility index (Phi) is 0.648. The van der Waals surface area contributed by atoms with Crippen molar-refractivity contribution in [2.75, 3.05) is 13.1 Å². The molecule has 1 aliphatic heterocycles. The van der Waals surface area contributed by atoms with Crippen molar-refractivity contribution < 1.29 is 5.11 Å². The quantitative estimate of drug-likeness (QED) is 0.376. The molecule has 0 aromatic carbocycles. The fourth-order valence-corrected chi connectivity index (χ4v) is 0.395. The van der Waals surface area contributed by atoms with Gasteiger partial charge in [-0.2, -0.15) is 0 Å². The third-order valence-corrected chi connectivity index (χ3v) is 0.670. The standard InChI is InChI=1S/C3H6N2/c1-2-4-5-3-1/h1-3H2/p+1. The summed E-state index contributed by atoms with van der Waals surface area (Å²) in [5, 5.41) is 6.68. The minimum Gasteiger partial charge on any atom is -0.142 e. The lowest BCUT2D eigenvalue weighted by atomic mass is 10.5. The minimum absolute atomic E-state index is 1.01. The van der Waals surface area contributed by atoms with Gasteiger partial charge in [-0.25, -0.2) is 0 Å². The molecule has 1 heterocycles. The van der Waals surface area contributed by atoms with Crippen molar-refractivity contribution in [2.24, 2.45) is 5.11 Å². The summed E-state index contributed by atoms with van der Waals surface area (Å²) in [5.41, 5.74) is 0. The second-order valence-corrected chi connectivity index (χ2v) is 1.14. The van der Waals surface area contributed by atoms with E-state index in [9.17, 15) is 0 Å². The van der Waals surface area contributed by atoms with Crippen molar-refractivity contribution in [2.45, 2.75) is 6.42 Å². The molecule has 28 valence electrons. The molecular formula is C3H7N2+. The van der Waals surface area contributed by atoms with E-state index in [4.69, 9.17) is 0 Å². The van der Waals surface area contributed by atoms with Gasteiger partial charge in [0.2, 0.25) is 0 Å². The molecule has 1 N–H and O–H groups in total.